The Balaban J connectivity index is 2.13. The molecule has 1 N–H and O–H groups in total. The summed E-state index contributed by atoms with van der Waals surface area (Å²) < 4.78 is 5.11. The first-order valence-corrected chi connectivity index (χ1v) is 7.52. The molecule has 0 saturated heterocycles. The molecule has 0 aromatic carbocycles. The third-order valence-electron chi connectivity index (χ3n) is 3.58. The number of aryl methyl sites for hydroxylation is 1. The number of fused-ring (bicyclic) bond motifs is 1. The summed E-state index contributed by atoms with van der Waals surface area (Å²) in [6.45, 7) is 5.50. The summed E-state index contributed by atoms with van der Waals surface area (Å²) >= 11 is 1.89. The molecule has 0 radical (unpaired) electrons. The summed E-state index contributed by atoms with van der Waals surface area (Å²) in [6.07, 6.45) is 4.43. The van der Waals surface area contributed by atoms with Gasteiger partial charge in [-0.05, 0) is 31.7 Å². The van der Waals surface area contributed by atoms with Crippen molar-refractivity contribution < 1.29 is 4.74 Å². The standard InChI is InChI=1S/C14H24N2OS/c1-14(2)8-10(15-3)13-11(9-14)16-12(18-13)6-5-7-17-4/h10,15H,5-9H2,1-4H3. The Kier molecular flexibility index (Phi) is 4.41. The summed E-state index contributed by atoms with van der Waals surface area (Å²) in [4.78, 5) is 6.30. The quantitative estimate of drug-likeness (QED) is 0.834. The molecule has 3 nitrogen and oxygen atoms in total. The third kappa shape index (κ3) is 3.11. The number of hydrogen-bond acceptors (Lipinski definition) is 4. The lowest BCUT2D eigenvalue weighted by molar-refractivity contribution is 0.195. The van der Waals surface area contributed by atoms with Gasteiger partial charge in [0.1, 0.15) is 0 Å². The van der Waals surface area contributed by atoms with Crippen LogP contribution in [0.15, 0.2) is 0 Å². The van der Waals surface area contributed by atoms with Gasteiger partial charge in [-0.2, -0.15) is 0 Å². The molecule has 1 aromatic rings. The maximum absolute atomic E-state index is 5.11. The minimum atomic E-state index is 0.360. The third-order valence-corrected chi connectivity index (χ3v) is 4.85. The van der Waals surface area contributed by atoms with Gasteiger partial charge in [0.15, 0.2) is 0 Å². The van der Waals surface area contributed by atoms with Crippen LogP contribution in [0.5, 0.6) is 0 Å². The molecule has 0 fully saturated rings. The highest BCUT2D eigenvalue weighted by molar-refractivity contribution is 7.11. The highest BCUT2D eigenvalue weighted by Crippen LogP contribution is 2.42. The zero-order chi connectivity index (χ0) is 13.2. The number of nitrogens with zero attached hydrogens (tertiary/aromatic N) is 1. The van der Waals surface area contributed by atoms with E-state index >= 15 is 0 Å². The first-order valence-electron chi connectivity index (χ1n) is 6.70. The molecule has 2 rings (SSSR count). The van der Waals surface area contributed by atoms with E-state index in [2.05, 4.69) is 26.2 Å². The van der Waals surface area contributed by atoms with Crippen LogP contribution < -0.4 is 5.32 Å². The van der Waals surface area contributed by atoms with E-state index in [1.807, 2.05) is 11.3 Å². The largest absolute Gasteiger partial charge is 0.385 e. The average molecular weight is 268 g/mol. The molecule has 1 atom stereocenters. The monoisotopic (exact) mass is 268 g/mol. The van der Waals surface area contributed by atoms with Crippen LogP contribution in [0.2, 0.25) is 0 Å². The van der Waals surface area contributed by atoms with E-state index in [9.17, 15) is 0 Å². The Morgan fingerprint density at radius 3 is 2.94 bits per heavy atom. The molecular weight excluding hydrogens is 244 g/mol. The lowest BCUT2D eigenvalue weighted by Gasteiger charge is -2.34. The van der Waals surface area contributed by atoms with Crippen molar-refractivity contribution in [2.24, 2.45) is 5.41 Å². The summed E-state index contributed by atoms with van der Waals surface area (Å²) in [5.41, 5.74) is 1.68. The molecule has 1 aliphatic rings. The second-order valence-electron chi connectivity index (χ2n) is 5.90. The number of methoxy groups -OCH3 is 1. The van der Waals surface area contributed by atoms with Gasteiger partial charge in [0, 0.05) is 31.1 Å². The molecule has 1 aromatic heterocycles. The van der Waals surface area contributed by atoms with Crippen LogP contribution in [0, 0.1) is 5.41 Å². The normalized spacial score (nSPS) is 21.9. The van der Waals surface area contributed by atoms with Crippen molar-refractivity contribution in [3.63, 3.8) is 0 Å². The maximum Gasteiger partial charge on any atom is 0.0932 e. The predicted octanol–water partition coefficient (Wildman–Crippen LogP) is 2.96. The van der Waals surface area contributed by atoms with Crippen LogP contribution >= 0.6 is 11.3 Å². The van der Waals surface area contributed by atoms with E-state index in [-0.39, 0.29) is 0 Å². The Labute approximate surface area is 114 Å². The van der Waals surface area contributed by atoms with Crippen molar-refractivity contribution in [1.82, 2.24) is 10.3 Å². The van der Waals surface area contributed by atoms with Crippen molar-refractivity contribution in [2.75, 3.05) is 20.8 Å². The minimum Gasteiger partial charge on any atom is -0.385 e. The zero-order valence-corrected chi connectivity index (χ0v) is 12.7. The van der Waals surface area contributed by atoms with Gasteiger partial charge in [0.2, 0.25) is 0 Å². The van der Waals surface area contributed by atoms with Crippen LogP contribution in [0.1, 0.15) is 48.3 Å². The summed E-state index contributed by atoms with van der Waals surface area (Å²) in [6, 6.07) is 0.484. The van der Waals surface area contributed by atoms with Crippen LogP contribution in [0.4, 0.5) is 0 Å². The first kappa shape index (κ1) is 14.0. The van der Waals surface area contributed by atoms with Gasteiger partial charge in [-0.15, -0.1) is 11.3 Å². The van der Waals surface area contributed by atoms with Gasteiger partial charge in [-0.3, -0.25) is 0 Å². The van der Waals surface area contributed by atoms with Gasteiger partial charge in [0.25, 0.3) is 0 Å². The number of aromatic nitrogens is 1. The Morgan fingerprint density at radius 1 is 1.50 bits per heavy atom. The fraction of sp³-hybridized carbons (Fsp3) is 0.786. The molecule has 0 amide bonds. The van der Waals surface area contributed by atoms with Crippen LogP contribution in [0.25, 0.3) is 0 Å². The van der Waals surface area contributed by atoms with E-state index in [0.29, 0.717) is 11.5 Å². The number of rotatable bonds is 5. The predicted molar refractivity (Wildman–Crippen MR) is 76.2 cm³/mol. The van der Waals surface area contributed by atoms with Crippen molar-refractivity contribution in [3.8, 4) is 0 Å². The molecule has 4 heteroatoms. The molecule has 102 valence electrons. The zero-order valence-electron chi connectivity index (χ0n) is 11.9. The van der Waals surface area contributed by atoms with Gasteiger partial charge < -0.3 is 10.1 Å². The second-order valence-corrected chi connectivity index (χ2v) is 7.02. The van der Waals surface area contributed by atoms with E-state index < -0.39 is 0 Å². The number of nitrogens with one attached hydrogen (secondary N) is 1. The van der Waals surface area contributed by atoms with Crippen LogP contribution in [-0.4, -0.2) is 25.7 Å². The number of hydrogen-bond donors (Lipinski definition) is 1. The highest BCUT2D eigenvalue weighted by Gasteiger charge is 2.34. The molecule has 0 bridgehead atoms. The highest BCUT2D eigenvalue weighted by atomic mass is 32.1. The van der Waals surface area contributed by atoms with E-state index in [4.69, 9.17) is 9.72 Å². The van der Waals surface area contributed by atoms with E-state index in [1.165, 1.54) is 22.0 Å². The molecule has 0 saturated carbocycles. The fourth-order valence-electron chi connectivity index (χ4n) is 2.69. The molecule has 1 unspecified atom stereocenters. The number of thiazole rings is 1. The molecule has 18 heavy (non-hydrogen) atoms. The topological polar surface area (TPSA) is 34.2 Å². The molecule has 1 heterocycles. The van der Waals surface area contributed by atoms with E-state index in [1.54, 1.807) is 7.11 Å². The summed E-state index contributed by atoms with van der Waals surface area (Å²) in [7, 11) is 3.81. The van der Waals surface area contributed by atoms with Crippen LogP contribution in [-0.2, 0) is 17.6 Å². The van der Waals surface area contributed by atoms with Crippen molar-refractivity contribution >= 4 is 11.3 Å². The van der Waals surface area contributed by atoms with Gasteiger partial charge in [0.05, 0.1) is 10.7 Å². The lowest BCUT2D eigenvalue weighted by Crippen LogP contribution is -2.30. The van der Waals surface area contributed by atoms with Gasteiger partial charge in [-0.25, -0.2) is 4.98 Å². The lowest BCUT2D eigenvalue weighted by atomic mass is 9.76. The van der Waals surface area contributed by atoms with Gasteiger partial charge in [-0.1, -0.05) is 13.8 Å². The Hall–Kier alpha value is -0.450. The number of ether oxygens (including phenoxy) is 1. The fourth-order valence-corrected chi connectivity index (χ4v) is 3.93. The van der Waals surface area contributed by atoms with Gasteiger partial charge >= 0.3 is 0 Å². The smallest absolute Gasteiger partial charge is 0.0932 e. The first-order chi connectivity index (χ1) is 8.55. The molecular formula is C14H24N2OS. The van der Waals surface area contributed by atoms with Crippen LogP contribution in [0.3, 0.4) is 0 Å². The molecule has 0 aliphatic heterocycles. The van der Waals surface area contributed by atoms with Crippen molar-refractivity contribution in [1.29, 1.82) is 0 Å². The van der Waals surface area contributed by atoms with E-state index in [0.717, 1.165) is 25.9 Å². The Bertz CT molecular complexity index is 400. The SMILES string of the molecule is CNC1CC(C)(C)Cc2nc(CCCOC)sc21. The molecule has 0 spiro atoms. The average Bonchev–Trinajstić information content (AvgIpc) is 2.69. The van der Waals surface area contributed by atoms with Crippen molar-refractivity contribution in [3.05, 3.63) is 15.6 Å². The molecule has 1 aliphatic carbocycles. The minimum absolute atomic E-state index is 0.360. The maximum atomic E-state index is 5.11. The summed E-state index contributed by atoms with van der Waals surface area (Å²) in [5.74, 6) is 0. The van der Waals surface area contributed by atoms with Crippen molar-refractivity contribution in [2.45, 2.75) is 45.6 Å². The second kappa shape index (κ2) is 5.68. The summed E-state index contributed by atoms with van der Waals surface area (Å²) in [5, 5.41) is 4.72. The Morgan fingerprint density at radius 2 is 2.28 bits per heavy atom.